The number of sulfone groups is 1. The predicted octanol–water partition coefficient (Wildman–Crippen LogP) is 3.82. The van der Waals surface area contributed by atoms with Crippen LogP contribution in [0.4, 0.5) is 0 Å². The lowest BCUT2D eigenvalue weighted by molar-refractivity contribution is -0.141. The van der Waals surface area contributed by atoms with Crippen molar-refractivity contribution in [2.45, 2.75) is 45.2 Å². The van der Waals surface area contributed by atoms with Crippen molar-refractivity contribution in [2.24, 2.45) is 0 Å². The van der Waals surface area contributed by atoms with E-state index in [4.69, 9.17) is 4.74 Å². The molecule has 7 nitrogen and oxygen atoms in total. The molecule has 2 aliphatic heterocycles. The first-order valence-corrected chi connectivity index (χ1v) is 13.3. The summed E-state index contributed by atoms with van der Waals surface area (Å²) in [6.45, 7) is 6.41. The Labute approximate surface area is 200 Å². The molecule has 0 spiro atoms. The van der Waals surface area contributed by atoms with Gasteiger partial charge in [-0.15, -0.1) is 0 Å². The van der Waals surface area contributed by atoms with Crippen LogP contribution in [0, 0.1) is 0 Å². The topological polar surface area (TPSA) is 101 Å². The fraction of sp³-hybridized carbons (Fsp3) is 0.385. The molecule has 2 heterocycles. The number of carbonyl (C=O) groups excluding carboxylic acids is 2. The van der Waals surface area contributed by atoms with Gasteiger partial charge in [0.15, 0.2) is 9.84 Å². The number of hydrogen-bond donors (Lipinski definition) is 1. The first-order valence-electron chi connectivity index (χ1n) is 11.5. The van der Waals surface area contributed by atoms with Gasteiger partial charge in [0.25, 0.3) is 11.7 Å². The van der Waals surface area contributed by atoms with Crippen molar-refractivity contribution in [3.05, 3.63) is 70.8 Å². The van der Waals surface area contributed by atoms with Crippen molar-refractivity contribution < 1.29 is 27.9 Å². The summed E-state index contributed by atoms with van der Waals surface area (Å²) in [4.78, 5) is 27.8. The number of aliphatic hydroxyl groups excluding tert-OH is 1. The van der Waals surface area contributed by atoms with E-state index in [1.54, 1.807) is 24.3 Å². The second-order valence-electron chi connectivity index (χ2n) is 9.05. The molecule has 2 aromatic carbocycles. The van der Waals surface area contributed by atoms with E-state index < -0.39 is 33.6 Å². The maximum atomic E-state index is 13.2. The molecule has 1 amide bonds. The van der Waals surface area contributed by atoms with Crippen LogP contribution in [0.1, 0.15) is 55.8 Å². The van der Waals surface area contributed by atoms with Gasteiger partial charge in [0, 0.05) is 11.6 Å². The average molecular weight is 484 g/mol. The highest BCUT2D eigenvalue weighted by Gasteiger charge is 2.50. The molecule has 2 saturated heterocycles. The number of amides is 1. The fourth-order valence-corrected chi connectivity index (χ4v) is 6.38. The van der Waals surface area contributed by atoms with Crippen LogP contribution in [-0.2, 0) is 19.4 Å². The lowest BCUT2D eigenvalue weighted by Gasteiger charge is -2.30. The second kappa shape index (κ2) is 9.25. The van der Waals surface area contributed by atoms with Gasteiger partial charge in [-0.3, -0.25) is 9.59 Å². The number of rotatable bonds is 6. The number of nitrogens with zero attached hydrogens (tertiary/aromatic N) is 1. The molecule has 2 unspecified atom stereocenters. The maximum Gasteiger partial charge on any atom is 0.295 e. The molecule has 0 aliphatic carbocycles. The van der Waals surface area contributed by atoms with E-state index in [1.165, 1.54) is 4.90 Å². The van der Waals surface area contributed by atoms with E-state index in [0.717, 1.165) is 5.56 Å². The van der Waals surface area contributed by atoms with Crippen molar-refractivity contribution in [3.63, 3.8) is 0 Å². The molecular weight excluding hydrogens is 454 g/mol. The minimum atomic E-state index is -3.30. The number of Topliss-reactive ketones (excluding diaryl/α,β-unsaturated/α-hetero) is 1. The lowest BCUT2D eigenvalue weighted by Crippen LogP contribution is -2.40. The van der Waals surface area contributed by atoms with Crippen LogP contribution in [0.25, 0.3) is 5.76 Å². The van der Waals surface area contributed by atoms with Gasteiger partial charge < -0.3 is 14.7 Å². The van der Waals surface area contributed by atoms with Crippen LogP contribution in [0.15, 0.2) is 54.1 Å². The third-order valence-electron chi connectivity index (χ3n) is 6.42. The Morgan fingerprint density at radius 3 is 2.44 bits per heavy atom. The SMILES string of the molecule is CCOc1cccc(C(O)=C2C(=O)C(=O)N(C3CCS(=O)(=O)C3)C2c2ccc(C(C)C)cc2)c1. The van der Waals surface area contributed by atoms with Gasteiger partial charge in [-0.25, -0.2) is 8.42 Å². The van der Waals surface area contributed by atoms with E-state index in [-0.39, 0.29) is 29.3 Å². The molecule has 8 heteroatoms. The molecule has 1 N–H and O–H groups in total. The standard InChI is InChI=1S/C26H29NO6S/c1-4-33-21-7-5-6-19(14-21)24(28)22-23(18-10-8-17(9-11-18)16(2)3)27(26(30)25(22)29)20-12-13-34(31,32)15-20/h5-11,14,16,20,23,28H,4,12-13,15H2,1-3H3. The lowest BCUT2D eigenvalue weighted by atomic mass is 9.92. The largest absolute Gasteiger partial charge is 0.507 e. The number of ether oxygens (including phenoxy) is 1. The van der Waals surface area contributed by atoms with Gasteiger partial charge in [0.1, 0.15) is 11.5 Å². The third-order valence-corrected chi connectivity index (χ3v) is 8.17. The van der Waals surface area contributed by atoms with Crippen molar-refractivity contribution in [1.82, 2.24) is 4.90 Å². The van der Waals surface area contributed by atoms with Gasteiger partial charge in [0.2, 0.25) is 0 Å². The van der Waals surface area contributed by atoms with Crippen LogP contribution in [-0.4, -0.2) is 54.3 Å². The Kier molecular flexibility index (Phi) is 6.53. The monoisotopic (exact) mass is 483 g/mol. The van der Waals surface area contributed by atoms with Crippen molar-refractivity contribution >= 4 is 27.3 Å². The van der Waals surface area contributed by atoms with Crippen LogP contribution in [0.3, 0.4) is 0 Å². The summed E-state index contributed by atoms with van der Waals surface area (Å²) < 4.78 is 29.9. The van der Waals surface area contributed by atoms with Gasteiger partial charge in [0.05, 0.1) is 29.7 Å². The van der Waals surface area contributed by atoms with E-state index in [9.17, 15) is 23.1 Å². The quantitative estimate of drug-likeness (QED) is 0.381. The van der Waals surface area contributed by atoms with Crippen molar-refractivity contribution in [2.75, 3.05) is 18.1 Å². The molecule has 0 saturated carbocycles. The third kappa shape index (κ3) is 4.46. The molecule has 2 aliphatic rings. The first-order chi connectivity index (χ1) is 16.1. The van der Waals surface area contributed by atoms with Crippen LogP contribution in [0.5, 0.6) is 5.75 Å². The summed E-state index contributed by atoms with van der Waals surface area (Å²) in [5.74, 6) is -1.32. The van der Waals surface area contributed by atoms with Crippen LogP contribution >= 0.6 is 0 Å². The molecule has 2 aromatic rings. The summed E-state index contributed by atoms with van der Waals surface area (Å²) >= 11 is 0. The fourth-order valence-electron chi connectivity index (χ4n) is 4.67. The van der Waals surface area contributed by atoms with Gasteiger partial charge in [-0.1, -0.05) is 50.2 Å². The summed E-state index contributed by atoms with van der Waals surface area (Å²) in [6, 6.07) is 12.7. The number of likely N-dealkylation sites (tertiary alicyclic amines) is 1. The number of ketones is 1. The summed E-state index contributed by atoms with van der Waals surface area (Å²) in [5, 5.41) is 11.2. The van der Waals surface area contributed by atoms with E-state index >= 15 is 0 Å². The zero-order valence-electron chi connectivity index (χ0n) is 19.5. The Balaban J connectivity index is 1.86. The number of hydrogen-bond acceptors (Lipinski definition) is 6. The molecule has 180 valence electrons. The number of benzene rings is 2. The van der Waals surface area contributed by atoms with E-state index in [1.807, 2.05) is 31.2 Å². The Morgan fingerprint density at radius 1 is 1.15 bits per heavy atom. The summed E-state index contributed by atoms with van der Waals surface area (Å²) in [7, 11) is -3.30. The second-order valence-corrected chi connectivity index (χ2v) is 11.3. The normalized spacial score (nSPS) is 23.6. The molecule has 2 fully saturated rings. The van der Waals surface area contributed by atoms with Gasteiger partial charge in [-0.2, -0.15) is 0 Å². The Morgan fingerprint density at radius 2 is 1.85 bits per heavy atom. The number of aliphatic hydroxyl groups is 1. The Bertz CT molecular complexity index is 1250. The van der Waals surface area contributed by atoms with Gasteiger partial charge in [-0.05, 0) is 42.5 Å². The Hall–Kier alpha value is -3.13. The molecule has 0 aromatic heterocycles. The minimum Gasteiger partial charge on any atom is -0.507 e. The smallest absolute Gasteiger partial charge is 0.295 e. The predicted molar refractivity (Wildman–Crippen MR) is 129 cm³/mol. The molecular formula is C26H29NO6S. The highest BCUT2D eigenvalue weighted by atomic mass is 32.2. The van der Waals surface area contributed by atoms with Crippen molar-refractivity contribution in [1.29, 1.82) is 0 Å². The van der Waals surface area contributed by atoms with E-state index in [0.29, 0.717) is 29.4 Å². The molecule has 0 bridgehead atoms. The zero-order valence-corrected chi connectivity index (χ0v) is 20.3. The van der Waals surface area contributed by atoms with E-state index in [2.05, 4.69) is 13.8 Å². The zero-order chi connectivity index (χ0) is 24.6. The average Bonchev–Trinajstić information content (AvgIpc) is 3.29. The van der Waals surface area contributed by atoms with Crippen LogP contribution < -0.4 is 4.74 Å². The molecule has 4 rings (SSSR count). The first kappa shape index (κ1) is 24.0. The molecule has 0 radical (unpaired) electrons. The summed E-state index contributed by atoms with van der Waals surface area (Å²) in [6.07, 6.45) is 0.260. The highest BCUT2D eigenvalue weighted by molar-refractivity contribution is 7.91. The van der Waals surface area contributed by atoms with Crippen molar-refractivity contribution in [3.8, 4) is 5.75 Å². The van der Waals surface area contributed by atoms with Gasteiger partial charge >= 0.3 is 0 Å². The highest BCUT2D eigenvalue weighted by Crippen LogP contribution is 2.42. The maximum absolute atomic E-state index is 13.2. The minimum absolute atomic E-state index is 0.0317. The molecule has 2 atom stereocenters. The van der Waals surface area contributed by atoms with Crippen LogP contribution in [0.2, 0.25) is 0 Å². The summed E-state index contributed by atoms with van der Waals surface area (Å²) in [5.41, 5.74) is 2.05. The number of carbonyl (C=O) groups is 2. The molecule has 34 heavy (non-hydrogen) atoms.